The van der Waals surface area contributed by atoms with Crippen molar-refractivity contribution >= 4 is 17.4 Å². The average Bonchev–Trinajstić information content (AvgIpc) is 2.71. The number of carbonyl (C=O) groups excluding carboxylic acids is 2. The maximum Gasteiger partial charge on any atom is 0.232 e. The molecule has 0 radical (unpaired) electrons. The largest absolute Gasteiger partial charge is 0.326 e. The predicted octanol–water partition coefficient (Wildman–Crippen LogP) is 5.85. The number of hydrogen-bond acceptors (Lipinski definition) is 2. The molecule has 3 heteroatoms. The molecule has 3 nitrogen and oxygen atoms in total. The van der Waals surface area contributed by atoms with Crippen molar-refractivity contribution in [1.29, 1.82) is 0 Å². The van der Waals surface area contributed by atoms with Crippen molar-refractivity contribution in [3.63, 3.8) is 0 Å². The summed E-state index contributed by atoms with van der Waals surface area (Å²) in [7, 11) is 0. The number of carbonyl (C=O) groups is 2. The van der Waals surface area contributed by atoms with Crippen molar-refractivity contribution in [2.45, 2.75) is 33.6 Å². The minimum Gasteiger partial charge on any atom is -0.326 e. The van der Waals surface area contributed by atoms with Crippen molar-refractivity contribution in [2.24, 2.45) is 5.92 Å². The van der Waals surface area contributed by atoms with Gasteiger partial charge in [0.2, 0.25) is 5.91 Å². The van der Waals surface area contributed by atoms with E-state index < -0.39 is 11.8 Å². The van der Waals surface area contributed by atoms with Gasteiger partial charge in [0.25, 0.3) is 0 Å². The summed E-state index contributed by atoms with van der Waals surface area (Å²) in [5.41, 5.74) is 5.54. The quantitative estimate of drug-likeness (QED) is 0.541. The first kappa shape index (κ1) is 20.5. The lowest BCUT2D eigenvalue weighted by Crippen LogP contribution is -2.30. The Kier molecular flexibility index (Phi) is 6.28. The summed E-state index contributed by atoms with van der Waals surface area (Å²) in [6, 6.07) is 23.0. The molecule has 3 aromatic carbocycles. The number of rotatable bonds is 6. The molecule has 0 spiro atoms. The summed E-state index contributed by atoms with van der Waals surface area (Å²) in [5, 5.41) is 2.99. The van der Waals surface area contributed by atoms with Crippen LogP contribution in [0.15, 0.2) is 72.8 Å². The number of nitrogens with one attached hydrogen (secondary N) is 1. The number of amides is 1. The number of aryl methyl sites for hydroxylation is 3. The molecular weight excluding hydrogens is 358 g/mol. The highest BCUT2D eigenvalue weighted by atomic mass is 16.2. The Labute approximate surface area is 172 Å². The second-order valence-corrected chi connectivity index (χ2v) is 7.76. The molecule has 0 fully saturated rings. The van der Waals surface area contributed by atoms with Crippen LogP contribution < -0.4 is 5.32 Å². The van der Waals surface area contributed by atoms with Crippen molar-refractivity contribution in [1.82, 2.24) is 0 Å². The van der Waals surface area contributed by atoms with Gasteiger partial charge in [-0.25, -0.2) is 0 Å². The molecule has 0 bridgehead atoms. The fourth-order valence-corrected chi connectivity index (χ4v) is 3.43. The van der Waals surface area contributed by atoms with Crippen molar-refractivity contribution < 1.29 is 9.59 Å². The van der Waals surface area contributed by atoms with Crippen LogP contribution in [-0.4, -0.2) is 11.7 Å². The van der Waals surface area contributed by atoms with Crippen molar-refractivity contribution in [2.75, 3.05) is 5.32 Å². The monoisotopic (exact) mass is 385 g/mol. The van der Waals surface area contributed by atoms with Gasteiger partial charge in [0.1, 0.15) is 0 Å². The van der Waals surface area contributed by atoms with Gasteiger partial charge >= 0.3 is 0 Å². The van der Waals surface area contributed by atoms with E-state index in [9.17, 15) is 9.59 Å². The minimum atomic E-state index is -0.578. The van der Waals surface area contributed by atoms with E-state index in [1.807, 2.05) is 100 Å². The first-order chi connectivity index (χ1) is 13.8. The SMILES string of the molecule is Cc1ccc(NC(=O)C(c2ccc(C)cc2)C(C)C(=O)c2ccc(C)cc2)cc1. The normalized spacial score (nSPS) is 12.8. The van der Waals surface area contributed by atoms with Crippen LogP contribution >= 0.6 is 0 Å². The molecule has 0 aliphatic carbocycles. The van der Waals surface area contributed by atoms with Gasteiger partial charge in [-0.2, -0.15) is 0 Å². The van der Waals surface area contributed by atoms with Gasteiger partial charge in [-0.15, -0.1) is 0 Å². The lowest BCUT2D eigenvalue weighted by Gasteiger charge is -2.23. The van der Waals surface area contributed by atoms with E-state index in [0.717, 1.165) is 27.9 Å². The molecule has 3 aromatic rings. The van der Waals surface area contributed by atoms with Crippen LogP contribution in [0.4, 0.5) is 5.69 Å². The van der Waals surface area contributed by atoms with Gasteiger partial charge in [-0.05, 0) is 38.5 Å². The summed E-state index contributed by atoms with van der Waals surface area (Å²) in [6.07, 6.45) is 0. The Morgan fingerprint density at radius 3 is 1.66 bits per heavy atom. The van der Waals surface area contributed by atoms with Gasteiger partial charge in [0.05, 0.1) is 5.92 Å². The zero-order valence-corrected chi connectivity index (χ0v) is 17.4. The number of ketones is 1. The highest BCUT2D eigenvalue weighted by Gasteiger charge is 2.32. The molecule has 0 aromatic heterocycles. The van der Waals surface area contributed by atoms with Crippen LogP contribution in [0.3, 0.4) is 0 Å². The van der Waals surface area contributed by atoms with Crippen LogP contribution in [0.2, 0.25) is 0 Å². The van der Waals surface area contributed by atoms with Crippen molar-refractivity contribution in [3.8, 4) is 0 Å². The van der Waals surface area contributed by atoms with Gasteiger partial charge in [-0.3, -0.25) is 9.59 Å². The van der Waals surface area contributed by atoms with Crippen molar-refractivity contribution in [3.05, 3.63) is 101 Å². The highest BCUT2D eigenvalue weighted by molar-refractivity contribution is 6.04. The summed E-state index contributed by atoms with van der Waals surface area (Å²) in [6.45, 7) is 7.83. The zero-order chi connectivity index (χ0) is 21.0. The molecule has 0 saturated carbocycles. The molecule has 148 valence electrons. The fourth-order valence-electron chi connectivity index (χ4n) is 3.43. The second-order valence-electron chi connectivity index (χ2n) is 7.76. The Hall–Kier alpha value is -3.20. The summed E-state index contributed by atoms with van der Waals surface area (Å²) in [4.78, 5) is 26.4. The third kappa shape index (κ3) is 5.00. The van der Waals surface area contributed by atoms with Gasteiger partial charge in [0, 0.05) is 17.2 Å². The van der Waals surface area contributed by atoms with Gasteiger partial charge < -0.3 is 5.32 Å². The third-order valence-electron chi connectivity index (χ3n) is 5.29. The molecule has 0 aliphatic rings. The summed E-state index contributed by atoms with van der Waals surface area (Å²) < 4.78 is 0. The van der Waals surface area contributed by atoms with Crippen LogP contribution in [0, 0.1) is 26.7 Å². The molecule has 1 amide bonds. The number of Topliss-reactive ketones (excluding diaryl/α,β-unsaturated/α-hetero) is 1. The fraction of sp³-hybridized carbons (Fsp3) is 0.231. The van der Waals surface area contributed by atoms with E-state index in [1.54, 1.807) is 0 Å². The Bertz CT molecular complexity index is 986. The molecule has 2 unspecified atom stereocenters. The Morgan fingerprint density at radius 2 is 1.14 bits per heavy atom. The number of anilines is 1. The van der Waals surface area contributed by atoms with E-state index in [2.05, 4.69) is 5.32 Å². The highest BCUT2D eigenvalue weighted by Crippen LogP contribution is 2.30. The smallest absolute Gasteiger partial charge is 0.232 e. The maximum atomic E-state index is 13.3. The molecule has 1 N–H and O–H groups in total. The van der Waals surface area contributed by atoms with E-state index in [0.29, 0.717) is 5.56 Å². The Balaban J connectivity index is 1.92. The predicted molar refractivity (Wildman–Crippen MR) is 118 cm³/mol. The number of hydrogen-bond donors (Lipinski definition) is 1. The Morgan fingerprint density at radius 1 is 0.690 bits per heavy atom. The molecule has 2 atom stereocenters. The second kappa shape index (κ2) is 8.87. The number of benzene rings is 3. The molecular formula is C26H27NO2. The summed E-state index contributed by atoms with van der Waals surface area (Å²) in [5.74, 6) is -1.28. The van der Waals surface area contributed by atoms with E-state index in [1.165, 1.54) is 0 Å². The zero-order valence-electron chi connectivity index (χ0n) is 17.4. The van der Waals surface area contributed by atoms with Crippen LogP contribution in [-0.2, 0) is 4.79 Å². The minimum absolute atomic E-state index is 0.0327. The first-order valence-electron chi connectivity index (χ1n) is 9.90. The molecule has 3 rings (SSSR count). The first-order valence-corrected chi connectivity index (χ1v) is 9.90. The molecule has 0 saturated heterocycles. The molecule has 0 heterocycles. The lowest BCUT2D eigenvalue weighted by atomic mass is 9.81. The van der Waals surface area contributed by atoms with Gasteiger partial charge in [0.15, 0.2) is 5.78 Å². The molecule has 29 heavy (non-hydrogen) atoms. The van der Waals surface area contributed by atoms with E-state index >= 15 is 0 Å². The van der Waals surface area contributed by atoms with E-state index in [-0.39, 0.29) is 11.7 Å². The van der Waals surface area contributed by atoms with E-state index in [4.69, 9.17) is 0 Å². The van der Waals surface area contributed by atoms with Crippen LogP contribution in [0.25, 0.3) is 0 Å². The summed E-state index contributed by atoms with van der Waals surface area (Å²) >= 11 is 0. The topological polar surface area (TPSA) is 46.2 Å². The van der Waals surface area contributed by atoms with Crippen LogP contribution in [0.1, 0.15) is 45.5 Å². The average molecular weight is 386 g/mol. The molecule has 0 aliphatic heterocycles. The van der Waals surface area contributed by atoms with Crippen LogP contribution in [0.5, 0.6) is 0 Å². The third-order valence-corrected chi connectivity index (χ3v) is 5.29. The van der Waals surface area contributed by atoms with Gasteiger partial charge in [-0.1, -0.05) is 84.3 Å². The maximum absolute atomic E-state index is 13.3. The standard InChI is InChI=1S/C26H27NO2/c1-17-5-11-21(12-6-17)24(26(29)27-23-15-9-19(3)10-16-23)20(4)25(28)22-13-7-18(2)8-14-22/h5-16,20,24H,1-4H3,(H,27,29). The lowest BCUT2D eigenvalue weighted by molar-refractivity contribution is -0.118.